The summed E-state index contributed by atoms with van der Waals surface area (Å²) in [6, 6.07) is 0. The molecule has 2 heteroatoms. The predicted octanol–water partition coefficient (Wildman–Crippen LogP) is 1.49. The molecule has 2 fully saturated rings. The highest BCUT2D eigenvalue weighted by Gasteiger charge is 2.28. The molecule has 2 nitrogen and oxygen atoms in total. The van der Waals surface area contributed by atoms with Crippen LogP contribution in [0.5, 0.6) is 0 Å². The van der Waals surface area contributed by atoms with Gasteiger partial charge >= 0.3 is 0 Å². The van der Waals surface area contributed by atoms with Gasteiger partial charge in [0.25, 0.3) is 0 Å². The van der Waals surface area contributed by atoms with Crippen LogP contribution in [-0.2, 0) is 0 Å². The van der Waals surface area contributed by atoms with Crippen LogP contribution in [0.4, 0.5) is 0 Å². The van der Waals surface area contributed by atoms with E-state index in [9.17, 15) is 0 Å². The van der Waals surface area contributed by atoms with Gasteiger partial charge in [0.05, 0.1) is 6.10 Å². The zero-order chi connectivity index (χ0) is 9.26. The molecule has 0 aliphatic heterocycles. The van der Waals surface area contributed by atoms with E-state index in [1.807, 2.05) is 0 Å². The number of aliphatic hydroxyl groups excluding tert-OH is 1. The Morgan fingerprint density at radius 2 is 1.92 bits per heavy atom. The fourth-order valence-electron chi connectivity index (χ4n) is 2.19. The van der Waals surface area contributed by atoms with E-state index in [4.69, 9.17) is 5.11 Å². The Hall–Kier alpha value is -0.0800. The molecule has 0 unspecified atom stereocenters. The Balaban J connectivity index is 1.52. The van der Waals surface area contributed by atoms with Crippen molar-refractivity contribution in [2.75, 3.05) is 20.1 Å². The van der Waals surface area contributed by atoms with Crippen LogP contribution >= 0.6 is 0 Å². The van der Waals surface area contributed by atoms with Gasteiger partial charge in [-0.25, -0.2) is 0 Å². The molecule has 0 aromatic rings. The van der Waals surface area contributed by atoms with Crippen molar-refractivity contribution in [1.29, 1.82) is 0 Å². The molecule has 0 bridgehead atoms. The molecule has 0 spiro atoms. The molecule has 13 heavy (non-hydrogen) atoms. The second-order valence-corrected chi connectivity index (χ2v) is 4.99. The van der Waals surface area contributed by atoms with E-state index in [1.165, 1.54) is 32.4 Å². The van der Waals surface area contributed by atoms with Gasteiger partial charge in [-0.15, -0.1) is 0 Å². The fraction of sp³-hybridized carbons (Fsp3) is 1.00. The van der Waals surface area contributed by atoms with Gasteiger partial charge in [0.1, 0.15) is 0 Å². The molecule has 0 heterocycles. The lowest BCUT2D eigenvalue weighted by atomic mass is 9.82. The van der Waals surface area contributed by atoms with Crippen molar-refractivity contribution in [3.63, 3.8) is 0 Å². The summed E-state index contributed by atoms with van der Waals surface area (Å²) < 4.78 is 0. The van der Waals surface area contributed by atoms with Gasteiger partial charge in [-0.05, 0) is 44.7 Å². The SMILES string of the molecule is CN(CCC1CC1)CC1CC(O)C1. The third kappa shape index (κ3) is 2.96. The Morgan fingerprint density at radius 3 is 2.46 bits per heavy atom. The highest BCUT2D eigenvalue weighted by atomic mass is 16.3. The summed E-state index contributed by atoms with van der Waals surface area (Å²) in [4.78, 5) is 2.44. The van der Waals surface area contributed by atoms with Crippen molar-refractivity contribution in [2.45, 2.75) is 38.2 Å². The Kier molecular flexibility index (Phi) is 2.89. The first-order valence-corrected chi connectivity index (χ1v) is 5.60. The van der Waals surface area contributed by atoms with E-state index in [-0.39, 0.29) is 6.10 Å². The summed E-state index contributed by atoms with van der Waals surface area (Å²) in [6.45, 7) is 2.46. The number of hydrogen-bond donors (Lipinski definition) is 1. The number of nitrogens with zero attached hydrogens (tertiary/aromatic N) is 1. The van der Waals surface area contributed by atoms with Crippen LogP contribution in [0, 0.1) is 11.8 Å². The van der Waals surface area contributed by atoms with Crippen molar-refractivity contribution in [3.8, 4) is 0 Å². The molecule has 2 rings (SSSR count). The van der Waals surface area contributed by atoms with Crippen molar-refractivity contribution in [3.05, 3.63) is 0 Å². The number of hydrogen-bond acceptors (Lipinski definition) is 2. The summed E-state index contributed by atoms with van der Waals surface area (Å²) in [5.74, 6) is 1.83. The molecular weight excluding hydrogens is 162 g/mol. The number of aliphatic hydroxyl groups is 1. The molecule has 2 aliphatic rings. The highest BCUT2D eigenvalue weighted by molar-refractivity contribution is 4.81. The molecule has 0 atom stereocenters. The van der Waals surface area contributed by atoms with Gasteiger partial charge in [0.2, 0.25) is 0 Å². The van der Waals surface area contributed by atoms with Crippen molar-refractivity contribution < 1.29 is 5.11 Å². The smallest absolute Gasteiger partial charge is 0.0546 e. The van der Waals surface area contributed by atoms with Crippen LogP contribution in [-0.4, -0.2) is 36.2 Å². The van der Waals surface area contributed by atoms with Gasteiger partial charge in [-0.3, -0.25) is 0 Å². The van der Waals surface area contributed by atoms with E-state index in [2.05, 4.69) is 11.9 Å². The lowest BCUT2D eigenvalue weighted by Crippen LogP contribution is -2.37. The molecule has 0 radical (unpaired) electrons. The van der Waals surface area contributed by atoms with E-state index in [0.29, 0.717) is 0 Å². The first-order chi connectivity index (χ1) is 6.24. The maximum atomic E-state index is 9.14. The molecule has 0 aromatic heterocycles. The average molecular weight is 183 g/mol. The zero-order valence-corrected chi connectivity index (χ0v) is 8.58. The summed E-state index contributed by atoms with van der Waals surface area (Å²) >= 11 is 0. The van der Waals surface area contributed by atoms with Crippen LogP contribution in [0.3, 0.4) is 0 Å². The van der Waals surface area contributed by atoms with Crippen molar-refractivity contribution in [1.82, 2.24) is 4.90 Å². The van der Waals surface area contributed by atoms with Crippen LogP contribution in [0.25, 0.3) is 0 Å². The summed E-state index contributed by atoms with van der Waals surface area (Å²) in [5.41, 5.74) is 0. The maximum Gasteiger partial charge on any atom is 0.0546 e. The third-order valence-electron chi connectivity index (χ3n) is 3.40. The molecule has 2 aliphatic carbocycles. The minimum atomic E-state index is 0.0156. The highest BCUT2D eigenvalue weighted by Crippen LogP contribution is 2.33. The van der Waals surface area contributed by atoms with Gasteiger partial charge in [0.15, 0.2) is 0 Å². The summed E-state index contributed by atoms with van der Waals surface area (Å²) in [6.07, 6.45) is 6.42. The van der Waals surface area contributed by atoms with Gasteiger partial charge < -0.3 is 10.0 Å². The molecule has 0 saturated heterocycles. The molecule has 0 amide bonds. The molecule has 1 N–H and O–H groups in total. The number of rotatable bonds is 5. The summed E-state index contributed by atoms with van der Waals surface area (Å²) in [5, 5.41) is 9.14. The van der Waals surface area contributed by atoms with Crippen molar-refractivity contribution in [2.24, 2.45) is 11.8 Å². The first-order valence-electron chi connectivity index (χ1n) is 5.60. The van der Waals surface area contributed by atoms with E-state index in [1.54, 1.807) is 0 Å². The van der Waals surface area contributed by atoms with E-state index in [0.717, 1.165) is 24.7 Å². The quantitative estimate of drug-likeness (QED) is 0.698. The minimum absolute atomic E-state index is 0.0156. The van der Waals surface area contributed by atoms with Gasteiger partial charge in [-0.2, -0.15) is 0 Å². The lowest BCUT2D eigenvalue weighted by Gasteiger charge is -2.34. The minimum Gasteiger partial charge on any atom is -0.393 e. The maximum absolute atomic E-state index is 9.14. The largest absolute Gasteiger partial charge is 0.393 e. The zero-order valence-electron chi connectivity index (χ0n) is 8.58. The molecule has 0 aromatic carbocycles. The van der Waals surface area contributed by atoms with Crippen LogP contribution in [0.2, 0.25) is 0 Å². The van der Waals surface area contributed by atoms with Crippen LogP contribution in [0.1, 0.15) is 32.1 Å². The van der Waals surface area contributed by atoms with Crippen LogP contribution < -0.4 is 0 Å². The Labute approximate surface area is 80.9 Å². The standard InChI is InChI=1S/C11H21NO/c1-12(5-4-9-2-3-9)8-10-6-11(13)7-10/h9-11,13H,2-8H2,1H3. The lowest BCUT2D eigenvalue weighted by molar-refractivity contribution is 0.0281. The fourth-order valence-corrected chi connectivity index (χ4v) is 2.19. The summed E-state index contributed by atoms with van der Waals surface area (Å²) in [7, 11) is 2.22. The second-order valence-electron chi connectivity index (χ2n) is 4.99. The third-order valence-corrected chi connectivity index (χ3v) is 3.40. The normalized spacial score (nSPS) is 33.5. The van der Waals surface area contributed by atoms with Crippen LogP contribution in [0.15, 0.2) is 0 Å². The topological polar surface area (TPSA) is 23.5 Å². The van der Waals surface area contributed by atoms with E-state index < -0.39 is 0 Å². The van der Waals surface area contributed by atoms with Crippen molar-refractivity contribution >= 4 is 0 Å². The monoisotopic (exact) mass is 183 g/mol. The second kappa shape index (κ2) is 3.97. The van der Waals surface area contributed by atoms with Gasteiger partial charge in [0, 0.05) is 6.54 Å². The molecular formula is C11H21NO. The Morgan fingerprint density at radius 1 is 1.23 bits per heavy atom. The predicted molar refractivity (Wildman–Crippen MR) is 53.6 cm³/mol. The molecule has 76 valence electrons. The Bertz CT molecular complexity index is 161. The first kappa shape index (κ1) is 9.47. The van der Waals surface area contributed by atoms with Gasteiger partial charge in [-0.1, -0.05) is 12.8 Å². The van der Waals surface area contributed by atoms with E-state index >= 15 is 0 Å². The molecule has 2 saturated carbocycles. The average Bonchev–Trinajstić information content (AvgIpc) is 2.81.